The van der Waals surface area contributed by atoms with E-state index in [9.17, 15) is 4.79 Å². The van der Waals surface area contributed by atoms with Crippen LogP contribution in [0.15, 0.2) is 66.2 Å². The van der Waals surface area contributed by atoms with Crippen LogP contribution in [0.3, 0.4) is 0 Å². The van der Waals surface area contributed by atoms with Crippen molar-refractivity contribution in [2.75, 3.05) is 0 Å². The molecule has 0 saturated heterocycles. The maximum absolute atomic E-state index is 13.7. The van der Waals surface area contributed by atoms with E-state index in [1.807, 2.05) is 24.4 Å². The lowest BCUT2D eigenvalue weighted by atomic mass is 9.68. The van der Waals surface area contributed by atoms with Gasteiger partial charge in [0.25, 0.3) is 5.91 Å². The number of thiazole rings is 1. The van der Waals surface area contributed by atoms with E-state index in [2.05, 4.69) is 46.7 Å². The lowest BCUT2D eigenvalue weighted by Gasteiger charge is -2.47. The molecular weight excluding hydrogens is 364 g/mol. The predicted octanol–water partition coefficient (Wildman–Crippen LogP) is 5.21. The number of nitrogens with zero attached hydrogens (tertiary/aromatic N) is 2. The average Bonchev–Trinajstić information content (AvgIpc) is 3.51. The zero-order chi connectivity index (χ0) is 18.7. The molecule has 4 unspecified atom stereocenters. The van der Waals surface area contributed by atoms with Crippen molar-refractivity contribution in [2.45, 2.75) is 37.3 Å². The van der Waals surface area contributed by atoms with Gasteiger partial charge in [-0.25, -0.2) is 4.98 Å². The zero-order valence-corrected chi connectivity index (χ0v) is 16.4. The second-order valence-corrected chi connectivity index (χ2v) is 9.29. The van der Waals surface area contributed by atoms with Gasteiger partial charge < -0.3 is 4.90 Å². The van der Waals surface area contributed by atoms with Gasteiger partial charge in [0.15, 0.2) is 0 Å². The third-order valence-corrected chi connectivity index (χ3v) is 8.08. The van der Waals surface area contributed by atoms with Crippen LogP contribution in [0.1, 0.15) is 51.7 Å². The molecule has 1 aliphatic heterocycles. The number of fused-ring (bicyclic) bond motifs is 5. The third kappa shape index (κ3) is 2.04. The molecule has 3 nitrogen and oxygen atoms in total. The van der Waals surface area contributed by atoms with Crippen LogP contribution in [0.25, 0.3) is 0 Å². The molecule has 2 aliphatic carbocycles. The second-order valence-electron chi connectivity index (χ2n) is 8.37. The highest BCUT2D eigenvalue weighted by Gasteiger charge is 2.67. The SMILES string of the molecule is O=C1c2ccccc2C2(C3CCC(C3)C2c2nccs2)N1Cc1ccccc1. The molecule has 2 fully saturated rings. The van der Waals surface area contributed by atoms with E-state index in [4.69, 9.17) is 4.98 Å². The molecule has 1 spiro atoms. The van der Waals surface area contributed by atoms with E-state index in [-0.39, 0.29) is 11.4 Å². The first-order valence-electron chi connectivity index (χ1n) is 10.1. The van der Waals surface area contributed by atoms with Gasteiger partial charge in [-0.15, -0.1) is 11.3 Å². The molecule has 2 heterocycles. The van der Waals surface area contributed by atoms with Crippen molar-refractivity contribution in [2.24, 2.45) is 11.8 Å². The van der Waals surface area contributed by atoms with Crippen LogP contribution in [0, 0.1) is 11.8 Å². The summed E-state index contributed by atoms with van der Waals surface area (Å²) in [4.78, 5) is 20.6. The quantitative estimate of drug-likeness (QED) is 0.619. The molecule has 0 N–H and O–H groups in total. The van der Waals surface area contributed by atoms with E-state index in [1.54, 1.807) is 11.3 Å². The smallest absolute Gasteiger partial charge is 0.255 e. The van der Waals surface area contributed by atoms with Crippen molar-refractivity contribution in [3.63, 3.8) is 0 Å². The topological polar surface area (TPSA) is 33.2 Å². The molecule has 6 rings (SSSR count). The molecule has 2 saturated carbocycles. The van der Waals surface area contributed by atoms with Crippen molar-refractivity contribution in [3.8, 4) is 0 Å². The number of aromatic nitrogens is 1. The first-order valence-corrected chi connectivity index (χ1v) is 11.0. The van der Waals surface area contributed by atoms with Crippen LogP contribution < -0.4 is 0 Å². The van der Waals surface area contributed by atoms with Gasteiger partial charge in [-0.1, -0.05) is 48.5 Å². The maximum Gasteiger partial charge on any atom is 0.255 e. The number of amides is 1. The average molecular weight is 387 g/mol. The van der Waals surface area contributed by atoms with Crippen molar-refractivity contribution in [3.05, 3.63) is 87.9 Å². The van der Waals surface area contributed by atoms with Gasteiger partial charge in [-0.3, -0.25) is 4.79 Å². The Balaban J connectivity index is 1.57. The summed E-state index contributed by atoms with van der Waals surface area (Å²) in [6.07, 6.45) is 5.59. The molecule has 2 bridgehead atoms. The minimum absolute atomic E-state index is 0.188. The third-order valence-electron chi connectivity index (χ3n) is 7.22. The Kier molecular flexibility index (Phi) is 3.54. The van der Waals surface area contributed by atoms with Gasteiger partial charge in [0.1, 0.15) is 0 Å². The fraction of sp³-hybridized carbons (Fsp3) is 0.333. The molecule has 4 heteroatoms. The number of hydrogen-bond donors (Lipinski definition) is 0. The van der Waals surface area contributed by atoms with Crippen molar-refractivity contribution < 1.29 is 4.79 Å². The van der Waals surface area contributed by atoms with Crippen LogP contribution in [0.4, 0.5) is 0 Å². The number of carbonyl (C=O) groups excluding carboxylic acids is 1. The molecule has 0 radical (unpaired) electrons. The van der Waals surface area contributed by atoms with Gasteiger partial charge in [0.2, 0.25) is 0 Å². The van der Waals surface area contributed by atoms with E-state index < -0.39 is 0 Å². The van der Waals surface area contributed by atoms with Crippen LogP contribution >= 0.6 is 11.3 Å². The minimum atomic E-state index is -0.246. The highest BCUT2D eigenvalue weighted by molar-refractivity contribution is 7.09. The Morgan fingerprint density at radius 1 is 1.07 bits per heavy atom. The summed E-state index contributed by atoms with van der Waals surface area (Å²) in [5.74, 6) is 1.63. The lowest BCUT2D eigenvalue weighted by Crippen LogP contribution is -2.51. The molecule has 140 valence electrons. The molecule has 1 amide bonds. The number of rotatable bonds is 3. The molecule has 4 atom stereocenters. The standard InChI is InChI=1S/C24H22N2OS/c27-23-19-8-4-5-9-20(19)24(26(23)15-16-6-2-1-3-7-16)18-11-10-17(14-18)21(24)22-25-12-13-28-22/h1-9,12-13,17-18,21H,10-11,14-15H2. The van der Waals surface area contributed by atoms with Gasteiger partial charge in [-0.05, 0) is 48.3 Å². The van der Waals surface area contributed by atoms with Crippen LogP contribution in [-0.4, -0.2) is 15.8 Å². The van der Waals surface area contributed by atoms with E-state index in [0.717, 1.165) is 5.56 Å². The van der Waals surface area contributed by atoms with Gasteiger partial charge >= 0.3 is 0 Å². The van der Waals surface area contributed by atoms with Gasteiger partial charge in [-0.2, -0.15) is 0 Å². The first kappa shape index (κ1) is 16.5. The molecule has 2 aromatic carbocycles. The fourth-order valence-corrected chi connectivity index (χ4v) is 7.23. The molecular formula is C24H22N2OS. The predicted molar refractivity (Wildman–Crippen MR) is 110 cm³/mol. The maximum atomic E-state index is 13.7. The first-order chi connectivity index (χ1) is 13.8. The van der Waals surface area contributed by atoms with E-state index in [0.29, 0.717) is 24.3 Å². The Morgan fingerprint density at radius 2 is 1.89 bits per heavy atom. The Morgan fingerprint density at radius 3 is 2.71 bits per heavy atom. The van der Waals surface area contributed by atoms with E-state index in [1.165, 1.54) is 35.4 Å². The van der Waals surface area contributed by atoms with Crippen molar-refractivity contribution >= 4 is 17.2 Å². The summed E-state index contributed by atoms with van der Waals surface area (Å²) in [5, 5.41) is 3.29. The summed E-state index contributed by atoms with van der Waals surface area (Å²) in [6.45, 7) is 0.666. The Labute approximate surface area is 169 Å². The normalized spacial score (nSPS) is 30.4. The minimum Gasteiger partial charge on any atom is -0.324 e. The van der Waals surface area contributed by atoms with Crippen LogP contribution in [-0.2, 0) is 12.1 Å². The molecule has 28 heavy (non-hydrogen) atoms. The van der Waals surface area contributed by atoms with E-state index >= 15 is 0 Å². The second kappa shape index (κ2) is 6.02. The van der Waals surface area contributed by atoms with Crippen LogP contribution in [0.5, 0.6) is 0 Å². The summed E-state index contributed by atoms with van der Waals surface area (Å²) in [6, 6.07) is 18.8. The number of carbonyl (C=O) groups is 1. The largest absolute Gasteiger partial charge is 0.324 e. The van der Waals surface area contributed by atoms with Gasteiger partial charge in [0.05, 0.1) is 10.5 Å². The summed E-state index contributed by atoms with van der Waals surface area (Å²) in [7, 11) is 0. The molecule has 1 aromatic heterocycles. The van der Waals surface area contributed by atoms with Crippen molar-refractivity contribution in [1.29, 1.82) is 0 Å². The van der Waals surface area contributed by atoms with Gasteiger partial charge in [0, 0.05) is 29.6 Å². The summed E-state index contributed by atoms with van der Waals surface area (Å²) >= 11 is 1.76. The monoisotopic (exact) mass is 386 g/mol. The Bertz CT molecular complexity index is 1030. The number of benzene rings is 2. The Hall–Kier alpha value is -2.46. The molecule has 3 aromatic rings. The summed E-state index contributed by atoms with van der Waals surface area (Å²) in [5.41, 5.74) is 3.09. The molecule has 3 aliphatic rings. The highest BCUT2D eigenvalue weighted by atomic mass is 32.1. The fourth-order valence-electron chi connectivity index (χ4n) is 6.33. The lowest BCUT2D eigenvalue weighted by molar-refractivity contribution is 0.0206. The highest BCUT2D eigenvalue weighted by Crippen LogP contribution is 2.68. The van der Waals surface area contributed by atoms with Crippen molar-refractivity contribution in [1.82, 2.24) is 9.88 Å². The summed E-state index contributed by atoms with van der Waals surface area (Å²) < 4.78 is 0. The van der Waals surface area contributed by atoms with Crippen LogP contribution in [0.2, 0.25) is 0 Å². The zero-order valence-electron chi connectivity index (χ0n) is 15.6. The number of hydrogen-bond acceptors (Lipinski definition) is 3.